The van der Waals surface area contributed by atoms with Gasteiger partial charge < -0.3 is 36.0 Å². The standard InChI is InChI=1S/C34H37N3O7/c38-28-12-4-25(5-13-28)9-17-32(42)36-21-3-23-37(34(44)19-11-26-6-14-29(39)15-7-26)22-2-1-20-35-33(43)18-10-27-8-16-30(40)31(41)24-27/h4-19,24,38-41H,1-3,20-23H2,(H,35,43)(H,36,42)/b17-9+,18-10+,19-11+. The van der Waals surface area contributed by atoms with Crippen molar-refractivity contribution in [1.29, 1.82) is 0 Å². The van der Waals surface area contributed by atoms with Gasteiger partial charge >= 0.3 is 0 Å². The van der Waals surface area contributed by atoms with Crippen molar-refractivity contribution in [2.75, 3.05) is 26.2 Å². The number of unbranched alkanes of at least 4 members (excludes halogenated alkanes) is 1. The van der Waals surface area contributed by atoms with E-state index in [4.69, 9.17) is 0 Å². The zero-order valence-electron chi connectivity index (χ0n) is 24.2. The molecule has 6 N–H and O–H groups in total. The van der Waals surface area contributed by atoms with Crippen molar-refractivity contribution in [3.63, 3.8) is 0 Å². The number of phenolic OH excluding ortho intramolecular Hbond substituents is 4. The maximum atomic E-state index is 13.0. The number of benzene rings is 3. The molecule has 0 saturated heterocycles. The van der Waals surface area contributed by atoms with Crippen LogP contribution in [0, 0.1) is 0 Å². The van der Waals surface area contributed by atoms with Gasteiger partial charge in [-0.25, -0.2) is 0 Å². The molecule has 0 saturated carbocycles. The van der Waals surface area contributed by atoms with Crippen molar-refractivity contribution >= 4 is 35.9 Å². The third-order valence-electron chi connectivity index (χ3n) is 6.43. The molecule has 0 bridgehead atoms. The van der Waals surface area contributed by atoms with Crippen LogP contribution in [0.4, 0.5) is 0 Å². The van der Waals surface area contributed by atoms with E-state index in [0.29, 0.717) is 51.0 Å². The summed E-state index contributed by atoms with van der Waals surface area (Å²) in [5.41, 5.74) is 2.11. The van der Waals surface area contributed by atoms with Crippen LogP contribution in [0.25, 0.3) is 18.2 Å². The Hall–Kier alpha value is -5.51. The number of hydrogen-bond donors (Lipinski definition) is 6. The second-order valence-electron chi connectivity index (χ2n) is 9.90. The van der Waals surface area contributed by atoms with Gasteiger partial charge in [-0.3, -0.25) is 14.4 Å². The Morgan fingerprint density at radius 2 is 1.05 bits per heavy atom. The van der Waals surface area contributed by atoms with Crippen molar-refractivity contribution in [2.45, 2.75) is 19.3 Å². The Morgan fingerprint density at radius 1 is 0.568 bits per heavy atom. The lowest BCUT2D eigenvalue weighted by atomic mass is 10.2. The third kappa shape index (κ3) is 12.2. The van der Waals surface area contributed by atoms with Crippen molar-refractivity contribution in [2.24, 2.45) is 0 Å². The number of hydrogen-bond acceptors (Lipinski definition) is 7. The molecule has 10 heteroatoms. The van der Waals surface area contributed by atoms with Crippen LogP contribution >= 0.6 is 0 Å². The van der Waals surface area contributed by atoms with E-state index >= 15 is 0 Å². The molecule has 0 spiro atoms. The quantitative estimate of drug-likeness (QED) is 0.0868. The number of aromatic hydroxyl groups is 4. The SMILES string of the molecule is O=C(/C=C/c1ccc(O)c(O)c1)NCCCCN(CCCNC(=O)/C=C/c1ccc(O)cc1)C(=O)/C=C/c1ccc(O)cc1. The Bertz CT molecular complexity index is 1480. The fourth-order valence-electron chi connectivity index (χ4n) is 4.00. The highest BCUT2D eigenvalue weighted by Crippen LogP contribution is 2.25. The summed E-state index contributed by atoms with van der Waals surface area (Å²) in [4.78, 5) is 39.0. The molecular formula is C34H37N3O7. The summed E-state index contributed by atoms with van der Waals surface area (Å²) in [6.07, 6.45) is 10.9. The smallest absolute Gasteiger partial charge is 0.246 e. The van der Waals surface area contributed by atoms with Crippen LogP contribution in [0.2, 0.25) is 0 Å². The predicted octanol–water partition coefficient (Wildman–Crippen LogP) is 4.18. The first-order valence-corrected chi connectivity index (χ1v) is 14.2. The highest BCUT2D eigenvalue weighted by Gasteiger charge is 2.11. The lowest BCUT2D eigenvalue weighted by Crippen LogP contribution is -2.34. The molecule has 0 aliphatic rings. The minimum atomic E-state index is -0.308. The van der Waals surface area contributed by atoms with Crippen molar-refractivity contribution in [1.82, 2.24) is 15.5 Å². The van der Waals surface area contributed by atoms with Crippen LogP contribution in [0.1, 0.15) is 36.0 Å². The lowest BCUT2D eigenvalue weighted by molar-refractivity contribution is -0.126. The van der Waals surface area contributed by atoms with Crippen LogP contribution in [0.3, 0.4) is 0 Å². The van der Waals surface area contributed by atoms with E-state index in [1.807, 2.05) is 0 Å². The van der Waals surface area contributed by atoms with E-state index in [2.05, 4.69) is 10.6 Å². The normalized spacial score (nSPS) is 11.3. The number of nitrogens with one attached hydrogen (secondary N) is 2. The van der Waals surface area contributed by atoms with Crippen LogP contribution in [-0.4, -0.2) is 69.2 Å². The first-order valence-electron chi connectivity index (χ1n) is 14.2. The summed E-state index contributed by atoms with van der Waals surface area (Å²) in [7, 11) is 0. The van der Waals surface area contributed by atoms with E-state index < -0.39 is 0 Å². The van der Waals surface area contributed by atoms with Gasteiger partial charge in [0, 0.05) is 44.4 Å². The Morgan fingerprint density at radius 3 is 1.61 bits per heavy atom. The van der Waals surface area contributed by atoms with Gasteiger partial charge in [0.15, 0.2) is 11.5 Å². The Kier molecular flexibility index (Phi) is 13.1. The molecule has 3 aromatic rings. The van der Waals surface area contributed by atoms with Gasteiger partial charge in [0.05, 0.1) is 0 Å². The van der Waals surface area contributed by atoms with Crippen LogP contribution in [0.5, 0.6) is 23.0 Å². The fourth-order valence-corrected chi connectivity index (χ4v) is 4.00. The van der Waals surface area contributed by atoms with Crippen LogP contribution < -0.4 is 10.6 Å². The first kappa shape index (κ1) is 33.0. The van der Waals surface area contributed by atoms with E-state index in [-0.39, 0.29) is 40.7 Å². The summed E-state index contributed by atoms with van der Waals surface area (Å²) in [6, 6.07) is 17.2. The van der Waals surface area contributed by atoms with Crippen LogP contribution in [-0.2, 0) is 14.4 Å². The highest BCUT2D eigenvalue weighted by atomic mass is 16.3. The lowest BCUT2D eigenvalue weighted by Gasteiger charge is -2.21. The molecule has 0 unspecified atom stereocenters. The minimum Gasteiger partial charge on any atom is -0.508 e. The number of nitrogens with zero attached hydrogens (tertiary/aromatic N) is 1. The molecule has 0 radical (unpaired) electrons. The van der Waals surface area contributed by atoms with Gasteiger partial charge in [-0.15, -0.1) is 0 Å². The molecule has 0 fully saturated rings. The second-order valence-corrected chi connectivity index (χ2v) is 9.90. The molecule has 0 atom stereocenters. The zero-order valence-corrected chi connectivity index (χ0v) is 24.2. The maximum Gasteiger partial charge on any atom is 0.246 e. The molecule has 0 aromatic heterocycles. The zero-order chi connectivity index (χ0) is 31.7. The van der Waals surface area contributed by atoms with E-state index in [0.717, 1.165) is 11.1 Å². The van der Waals surface area contributed by atoms with Crippen molar-refractivity contribution < 1.29 is 34.8 Å². The molecule has 0 aliphatic carbocycles. The van der Waals surface area contributed by atoms with Gasteiger partial charge in [0.25, 0.3) is 0 Å². The fraction of sp³-hybridized carbons (Fsp3) is 0.206. The summed E-state index contributed by atoms with van der Waals surface area (Å²) in [6.45, 7) is 1.63. The molecule has 10 nitrogen and oxygen atoms in total. The largest absolute Gasteiger partial charge is 0.508 e. The van der Waals surface area contributed by atoms with Gasteiger partial charge in [0.2, 0.25) is 17.7 Å². The van der Waals surface area contributed by atoms with Crippen molar-refractivity contribution in [3.8, 4) is 23.0 Å². The average Bonchev–Trinajstić information content (AvgIpc) is 3.01. The van der Waals surface area contributed by atoms with Gasteiger partial charge in [-0.05, 0) is 90.6 Å². The number of amides is 3. The first-order chi connectivity index (χ1) is 21.2. The molecule has 0 aliphatic heterocycles. The van der Waals surface area contributed by atoms with E-state index in [1.165, 1.54) is 48.6 Å². The number of phenols is 4. The topological polar surface area (TPSA) is 159 Å². The number of carbonyl (C=O) groups excluding carboxylic acids is 3. The Balaban J connectivity index is 1.45. The van der Waals surface area contributed by atoms with Gasteiger partial charge in [-0.2, -0.15) is 0 Å². The summed E-state index contributed by atoms with van der Waals surface area (Å²) in [5.74, 6) is -0.992. The molecule has 3 aromatic carbocycles. The third-order valence-corrected chi connectivity index (χ3v) is 6.43. The van der Waals surface area contributed by atoms with Crippen molar-refractivity contribution in [3.05, 3.63) is 102 Å². The molecule has 44 heavy (non-hydrogen) atoms. The summed E-state index contributed by atoms with van der Waals surface area (Å²) >= 11 is 0. The summed E-state index contributed by atoms with van der Waals surface area (Å²) < 4.78 is 0. The summed E-state index contributed by atoms with van der Waals surface area (Å²) in [5, 5.41) is 43.4. The minimum absolute atomic E-state index is 0.136. The molecule has 3 amide bonds. The highest BCUT2D eigenvalue weighted by molar-refractivity contribution is 5.93. The van der Waals surface area contributed by atoms with E-state index in [1.54, 1.807) is 59.5 Å². The van der Waals surface area contributed by atoms with Gasteiger partial charge in [0.1, 0.15) is 11.5 Å². The van der Waals surface area contributed by atoms with Gasteiger partial charge in [-0.1, -0.05) is 30.3 Å². The molecule has 230 valence electrons. The van der Waals surface area contributed by atoms with E-state index in [9.17, 15) is 34.8 Å². The Labute approximate surface area is 256 Å². The molecule has 0 heterocycles. The van der Waals surface area contributed by atoms with Crippen LogP contribution in [0.15, 0.2) is 85.0 Å². The molecule has 3 rings (SSSR count). The average molecular weight is 600 g/mol. The maximum absolute atomic E-state index is 13.0. The number of carbonyl (C=O) groups is 3. The molecular weight excluding hydrogens is 562 g/mol. The number of rotatable bonds is 15. The second kappa shape index (κ2) is 17.4. The monoisotopic (exact) mass is 599 g/mol. The predicted molar refractivity (Wildman–Crippen MR) is 170 cm³/mol.